The highest BCUT2D eigenvalue weighted by molar-refractivity contribution is 6.37. The molecule has 1 fully saturated rings. The molecule has 0 bridgehead atoms. The quantitative estimate of drug-likeness (QED) is 0.330. The Morgan fingerprint density at radius 3 is 2.19 bits per heavy atom. The smallest absolute Gasteiger partial charge is 0.406 e. The van der Waals surface area contributed by atoms with Gasteiger partial charge < -0.3 is 10.1 Å². The number of hydrogen-bond donors (Lipinski definition) is 1. The number of aromatic nitrogens is 2. The van der Waals surface area contributed by atoms with Gasteiger partial charge in [-0.05, 0) is 37.1 Å². The largest absolute Gasteiger partial charge is 0.573 e. The van der Waals surface area contributed by atoms with Gasteiger partial charge in [-0.2, -0.15) is 0 Å². The number of anilines is 1. The van der Waals surface area contributed by atoms with Gasteiger partial charge in [-0.25, -0.2) is 23.1 Å². The number of benzene rings is 1. The lowest BCUT2D eigenvalue weighted by atomic mass is 9.69. The van der Waals surface area contributed by atoms with Crippen molar-refractivity contribution in [3.8, 4) is 5.75 Å². The third-order valence-corrected chi connectivity index (χ3v) is 5.67. The van der Waals surface area contributed by atoms with Crippen LogP contribution in [0.25, 0.3) is 0 Å². The SMILES string of the molecule is [B][C@@](C(=O)NC1CCC(F)(F)CC1)(c1cncnc1)N(C(=O)[C@H](F)Cl)c1ccc(OC(F)(F)F)cc1. The standard InChI is InChI=1S/C21H18BClF6N4O3/c22-20(12-9-30-11-31-10-12,18(35)32-13-5-7-19(25,26)8-6-13)33(17(34)16(23)24)14-1-3-15(4-2-14)36-21(27,28)29/h1-4,9-11,13,16H,5-8H2,(H,32,35)/t16-,20-/m0/s1. The first-order valence-electron chi connectivity index (χ1n) is 10.4. The van der Waals surface area contributed by atoms with Crippen LogP contribution < -0.4 is 15.0 Å². The predicted molar refractivity (Wildman–Crippen MR) is 116 cm³/mol. The number of nitrogens with one attached hydrogen (secondary N) is 1. The van der Waals surface area contributed by atoms with Gasteiger partial charge in [0.05, 0.1) is 0 Å². The Morgan fingerprint density at radius 1 is 1.14 bits per heavy atom. The minimum atomic E-state index is -5.01. The number of nitrogens with zero attached hydrogens (tertiary/aromatic N) is 3. The van der Waals surface area contributed by atoms with Crippen LogP contribution >= 0.6 is 11.6 Å². The van der Waals surface area contributed by atoms with Crippen molar-refractivity contribution in [2.45, 2.75) is 55.1 Å². The number of carbonyl (C=O) groups excluding carboxylic acids is 2. The zero-order chi connectivity index (χ0) is 26.7. The molecule has 2 radical (unpaired) electrons. The summed E-state index contributed by atoms with van der Waals surface area (Å²) in [7, 11) is 6.42. The van der Waals surface area contributed by atoms with E-state index in [1.54, 1.807) is 0 Å². The fourth-order valence-electron chi connectivity index (χ4n) is 3.74. The molecule has 1 heterocycles. The number of amides is 2. The molecule has 192 valence electrons. The van der Waals surface area contributed by atoms with Crippen molar-refractivity contribution >= 4 is 36.9 Å². The van der Waals surface area contributed by atoms with Crippen molar-refractivity contribution in [3.63, 3.8) is 0 Å². The molecule has 0 spiro atoms. The maximum absolute atomic E-state index is 14.1. The van der Waals surface area contributed by atoms with E-state index in [0.717, 1.165) is 43.0 Å². The van der Waals surface area contributed by atoms with Crippen LogP contribution in [0.4, 0.5) is 32.0 Å². The first-order valence-corrected chi connectivity index (χ1v) is 10.9. The van der Waals surface area contributed by atoms with E-state index in [1.807, 2.05) is 0 Å². The van der Waals surface area contributed by atoms with E-state index in [9.17, 15) is 35.9 Å². The minimum Gasteiger partial charge on any atom is -0.406 e. The third kappa shape index (κ3) is 6.39. The van der Waals surface area contributed by atoms with Crippen LogP contribution in [0.3, 0.4) is 0 Å². The molecule has 7 nitrogen and oxygen atoms in total. The molecule has 36 heavy (non-hydrogen) atoms. The summed E-state index contributed by atoms with van der Waals surface area (Å²) in [6.45, 7) is 0. The molecule has 1 aromatic heterocycles. The van der Waals surface area contributed by atoms with E-state index in [0.29, 0.717) is 4.90 Å². The number of hydrogen-bond acceptors (Lipinski definition) is 5. The first-order chi connectivity index (χ1) is 16.7. The Bertz CT molecular complexity index is 1070. The van der Waals surface area contributed by atoms with Gasteiger partial charge in [0.25, 0.3) is 11.5 Å². The second-order valence-corrected chi connectivity index (χ2v) is 8.40. The zero-order valence-corrected chi connectivity index (χ0v) is 19.1. The van der Waals surface area contributed by atoms with Gasteiger partial charge in [0, 0.05) is 42.5 Å². The molecule has 2 aromatic rings. The molecule has 3 rings (SSSR count). The van der Waals surface area contributed by atoms with Gasteiger partial charge >= 0.3 is 6.36 Å². The van der Waals surface area contributed by atoms with Gasteiger partial charge in [0.1, 0.15) is 25.4 Å². The summed E-state index contributed by atoms with van der Waals surface area (Å²) >= 11 is 5.38. The van der Waals surface area contributed by atoms with Crippen LogP contribution in [0.2, 0.25) is 0 Å². The van der Waals surface area contributed by atoms with Crippen molar-refractivity contribution in [2.24, 2.45) is 0 Å². The molecule has 1 N–H and O–H groups in total. The Kier molecular flexibility index (Phi) is 8.06. The monoisotopic (exact) mass is 534 g/mol. The summed E-state index contributed by atoms with van der Waals surface area (Å²) in [5.74, 6) is -6.19. The molecule has 1 saturated carbocycles. The van der Waals surface area contributed by atoms with E-state index in [1.165, 1.54) is 0 Å². The molecule has 0 unspecified atom stereocenters. The first kappa shape index (κ1) is 27.6. The molecule has 2 amide bonds. The van der Waals surface area contributed by atoms with Gasteiger partial charge in [-0.1, -0.05) is 11.6 Å². The lowest BCUT2D eigenvalue weighted by Gasteiger charge is -2.42. The number of halogens is 7. The molecule has 1 aliphatic carbocycles. The molecule has 0 saturated heterocycles. The second-order valence-electron chi connectivity index (χ2n) is 8.01. The van der Waals surface area contributed by atoms with Crippen molar-refractivity contribution in [1.29, 1.82) is 0 Å². The molecular formula is C21H18BClF6N4O3. The maximum Gasteiger partial charge on any atom is 0.573 e. The highest BCUT2D eigenvalue weighted by Gasteiger charge is 2.47. The van der Waals surface area contributed by atoms with E-state index >= 15 is 0 Å². The lowest BCUT2D eigenvalue weighted by molar-refractivity contribution is -0.274. The van der Waals surface area contributed by atoms with E-state index in [-0.39, 0.29) is 24.1 Å². The van der Waals surface area contributed by atoms with Crippen molar-refractivity contribution in [2.75, 3.05) is 4.90 Å². The molecule has 15 heteroatoms. The Hall–Kier alpha value is -3.03. The maximum atomic E-state index is 14.1. The number of alkyl halides is 7. The number of rotatable bonds is 7. The fraction of sp³-hybridized carbons (Fsp3) is 0.429. The summed E-state index contributed by atoms with van der Waals surface area (Å²) in [6, 6.07) is 2.73. The van der Waals surface area contributed by atoms with Crippen LogP contribution in [0, 0.1) is 0 Å². The van der Waals surface area contributed by atoms with E-state index < -0.39 is 59.8 Å². The molecule has 2 atom stereocenters. The third-order valence-electron chi connectivity index (χ3n) is 5.49. The van der Waals surface area contributed by atoms with Gasteiger partial charge in [0.15, 0.2) is 0 Å². The normalized spacial score (nSPS) is 18.5. The van der Waals surface area contributed by atoms with Crippen LogP contribution in [-0.4, -0.2) is 53.6 Å². The summed E-state index contributed by atoms with van der Waals surface area (Å²) in [4.78, 5) is 34.3. The zero-order valence-electron chi connectivity index (χ0n) is 18.3. The Labute approximate surface area is 207 Å². The molecule has 1 aliphatic rings. The molecular weight excluding hydrogens is 517 g/mol. The average molecular weight is 535 g/mol. The average Bonchev–Trinajstić information content (AvgIpc) is 2.81. The van der Waals surface area contributed by atoms with Crippen LogP contribution in [0.15, 0.2) is 43.0 Å². The molecule has 1 aromatic carbocycles. The number of carbonyl (C=O) groups is 2. The minimum absolute atomic E-state index is 0.0984. The predicted octanol–water partition coefficient (Wildman–Crippen LogP) is 3.96. The van der Waals surface area contributed by atoms with Gasteiger partial charge in [-0.15, -0.1) is 13.2 Å². The van der Waals surface area contributed by atoms with Gasteiger partial charge in [0.2, 0.25) is 11.8 Å². The highest BCUT2D eigenvalue weighted by atomic mass is 35.5. The lowest BCUT2D eigenvalue weighted by Crippen LogP contribution is -2.62. The number of ether oxygens (including phenoxy) is 1. The fourth-order valence-corrected chi connectivity index (χ4v) is 3.83. The van der Waals surface area contributed by atoms with Crippen LogP contribution in [0.1, 0.15) is 31.2 Å². The molecule has 0 aliphatic heterocycles. The summed E-state index contributed by atoms with van der Waals surface area (Å²) in [6.07, 6.45) is -3.00. The topological polar surface area (TPSA) is 84.4 Å². The Balaban J connectivity index is 2.04. The van der Waals surface area contributed by atoms with Crippen molar-refractivity contribution < 1.29 is 40.7 Å². The summed E-state index contributed by atoms with van der Waals surface area (Å²) in [5, 5.41) is 2.50. The highest BCUT2D eigenvalue weighted by Crippen LogP contribution is 2.36. The van der Waals surface area contributed by atoms with E-state index in [2.05, 4.69) is 20.0 Å². The summed E-state index contributed by atoms with van der Waals surface area (Å²) in [5.41, 5.74) is -5.84. The van der Waals surface area contributed by atoms with Crippen molar-refractivity contribution in [3.05, 3.63) is 48.5 Å². The second kappa shape index (κ2) is 10.5. The van der Waals surface area contributed by atoms with Crippen LogP contribution in [0.5, 0.6) is 5.75 Å². The Morgan fingerprint density at radius 2 is 1.69 bits per heavy atom. The van der Waals surface area contributed by atoms with E-state index in [4.69, 9.17) is 19.4 Å². The summed E-state index contributed by atoms with van der Waals surface area (Å²) < 4.78 is 82.6. The van der Waals surface area contributed by atoms with Crippen molar-refractivity contribution in [1.82, 2.24) is 15.3 Å². The van der Waals surface area contributed by atoms with Gasteiger partial charge in [-0.3, -0.25) is 14.5 Å². The van der Waals surface area contributed by atoms with Crippen LogP contribution in [-0.2, 0) is 15.0 Å².